The first-order valence-corrected chi connectivity index (χ1v) is 13.6. The normalized spacial score (nSPS) is 17.3. The van der Waals surface area contributed by atoms with Crippen LogP contribution in [0.5, 0.6) is 0 Å². The minimum Gasteiger partial charge on any atom is -0.339 e. The monoisotopic (exact) mass is 502 g/mol. The Labute approximate surface area is 204 Å². The van der Waals surface area contributed by atoms with Crippen LogP contribution in [-0.4, -0.2) is 41.9 Å². The van der Waals surface area contributed by atoms with Crippen LogP contribution >= 0.6 is 11.3 Å². The van der Waals surface area contributed by atoms with E-state index in [4.69, 9.17) is 4.52 Å². The molecular weight excluding hydrogens is 472 g/mol. The largest absolute Gasteiger partial charge is 0.339 e. The summed E-state index contributed by atoms with van der Waals surface area (Å²) in [4.78, 5) is 18.9. The Morgan fingerprint density at radius 3 is 2.65 bits per heavy atom. The van der Waals surface area contributed by atoms with Crippen LogP contribution in [0.2, 0.25) is 0 Å². The number of nitrogens with zero attached hydrogens (tertiary/aromatic N) is 3. The van der Waals surface area contributed by atoms with Gasteiger partial charge in [0.05, 0.1) is 15.7 Å². The van der Waals surface area contributed by atoms with Gasteiger partial charge in [-0.25, -0.2) is 8.42 Å². The average molecular weight is 503 g/mol. The maximum absolute atomic E-state index is 13.5. The molecule has 0 spiro atoms. The maximum atomic E-state index is 13.5. The number of aromatic nitrogens is 2. The van der Waals surface area contributed by atoms with Crippen molar-refractivity contribution in [2.24, 2.45) is 5.92 Å². The van der Waals surface area contributed by atoms with E-state index in [-0.39, 0.29) is 23.3 Å². The third kappa shape index (κ3) is 4.94. The molecule has 2 aromatic heterocycles. The zero-order chi connectivity index (χ0) is 24.6. The molecule has 1 aliphatic heterocycles. The molecule has 34 heavy (non-hydrogen) atoms. The van der Waals surface area contributed by atoms with Gasteiger partial charge in [-0.1, -0.05) is 25.1 Å². The van der Waals surface area contributed by atoms with Gasteiger partial charge in [-0.2, -0.15) is 9.29 Å². The molecule has 182 valence electrons. The molecule has 1 aliphatic rings. The number of benzene rings is 1. The summed E-state index contributed by atoms with van der Waals surface area (Å²) in [6.45, 7) is 10.2. The summed E-state index contributed by atoms with van der Waals surface area (Å²) in [6.07, 6.45) is 1.28. The molecule has 4 rings (SSSR count). The Balaban J connectivity index is 1.51. The second-order valence-electron chi connectivity index (χ2n) is 9.13. The average Bonchev–Trinajstić information content (AvgIpc) is 3.44. The first kappa shape index (κ1) is 24.6. The fraction of sp³-hybridized carbons (Fsp3) is 0.458. The van der Waals surface area contributed by atoms with Crippen LogP contribution in [0.4, 0.5) is 5.69 Å². The van der Waals surface area contributed by atoms with Crippen LogP contribution in [0.25, 0.3) is 10.7 Å². The van der Waals surface area contributed by atoms with E-state index in [0.29, 0.717) is 40.9 Å². The van der Waals surface area contributed by atoms with Crippen LogP contribution in [0.15, 0.2) is 33.7 Å². The number of carbonyl (C=O) groups excluding carboxylic acids is 1. The molecule has 10 heteroatoms. The molecule has 0 radical (unpaired) electrons. The third-order valence-corrected chi connectivity index (χ3v) is 9.34. The van der Waals surface area contributed by atoms with Crippen LogP contribution in [-0.2, 0) is 14.8 Å². The number of thiophene rings is 1. The quantitative estimate of drug-likeness (QED) is 0.515. The van der Waals surface area contributed by atoms with Crippen LogP contribution in [0.3, 0.4) is 0 Å². The highest BCUT2D eigenvalue weighted by molar-refractivity contribution is 7.89. The van der Waals surface area contributed by atoms with Crippen molar-refractivity contribution in [3.63, 3.8) is 0 Å². The lowest BCUT2D eigenvalue weighted by Gasteiger charge is -2.31. The van der Waals surface area contributed by atoms with Crippen LogP contribution in [0, 0.1) is 26.7 Å². The number of amides is 1. The van der Waals surface area contributed by atoms with E-state index in [1.807, 2.05) is 45.9 Å². The molecule has 3 aromatic rings. The molecule has 1 amide bonds. The molecule has 0 bridgehead atoms. The van der Waals surface area contributed by atoms with Gasteiger partial charge in [0.15, 0.2) is 0 Å². The SMILES string of the molecule is Cc1ccc(NC(=O)[C@H]2CCCN(S(=O)(=O)c3cc(-c4noc(C(C)C)n4)sc3C)C2)cc1C. The van der Waals surface area contributed by atoms with Gasteiger partial charge in [0.25, 0.3) is 0 Å². The van der Waals surface area contributed by atoms with E-state index in [1.165, 1.54) is 15.6 Å². The summed E-state index contributed by atoms with van der Waals surface area (Å²) >= 11 is 1.32. The van der Waals surface area contributed by atoms with Gasteiger partial charge in [-0.3, -0.25) is 4.79 Å². The molecule has 0 saturated carbocycles. The summed E-state index contributed by atoms with van der Waals surface area (Å²) in [5.74, 6) is 0.431. The molecule has 1 atom stereocenters. The molecular formula is C24H30N4O4S2. The van der Waals surface area contributed by atoms with Gasteiger partial charge >= 0.3 is 0 Å². The number of piperidine rings is 1. The van der Waals surface area contributed by atoms with Gasteiger partial charge in [0.2, 0.25) is 27.6 Å². The fourth-order valence-corrected chi connectivity index (χ4v) is 6.99. The minimum atomic E-state index is -3.76. The Bertz CT molecular complexity index is 1310. The Kier molecular flexibility index (Phi) is 6.93. The van der Waals surface area contributed by atoms with Crippen molar-refractivity contribution in [1.29, 1.82) is 0 Å². The summed E-state index contributed by atoms with van der Waals surface area (Å²) in [5.41, 5.74) is 2.98. The van der Waals surface area contributed by atoms with E-state index in [9.17, 15) is 13.2 Å². The molecule has 1 aromatic carbocycles. The number of carbonyl (C=O) groups is 1. The number of aryl methyl sites for hydroxylation is 3. The molecule has 3 heterocycles. The topological polar surface area (TPSA) is 105 Å². The number of hydrogen-bond donors (Lipinski definition) is 1. The van der Waals surface area contributed by atoms with Crippen LogP contribution in [0.1, 0.15) is 54.5 Å². The highest BCUT2D eigenvalue weighted by atomic mass is 32.2. The predicted octanol–water partition coefficient (Wildman–Crippen LogP) is 4.89. The number of hydrogen-bond acceptors (Lipinski definition) is 7. The second kappa shape index (κ2) is 9.59. The second-order valence-corrected chi connectivity index (χ2v) is 12.3. The molecule has 1 N–H and O–H groups in total. The lowest BCUT2D eigenvalue weighted by atomic mass is 9.98. The standard InChI is InChI=1S/C24H30N4O4S2/c1-14(2)24-26-22(27-32-24)20-12-21(17(5)33-20)34(30,31)28-10-6-7-18(13-28)23(29)25-19-9-8-15(3)16(4)11-19/h8-9,11-12,14,18H,6-7,10,13H2,1-5H3,(H,25,29)/t18-/m0/s1. The molecule has 1 saturated heterocycles. The smallest absolute Gasteiger partial charge is 0.244 e. The van der Waals surface area contributed by atoms with Crippen molar-refractivity contribution in [1.82, 2.24) is 14.4 Å². The Morgan fingerprint density at radius 2 is 1.97 bits per heavy atom. The number of rotatable bonds is 6. The summed E-state index contributed by atoms with van der Waals surface area (Å²) < 4.78 is 33.7. The third-order valence-electron chi connectivity index (χ3n) is 6.18. The number of anilines is 1. The lowest BCUT2D eigenvalue weighted by Crippen LogP contribution is -2.43. The van der Waals surface area contributed by atoms with E-state index in [1.54, 1.807) is 13.0 Å². The summed E-state index contributed by atoms with van der Waals surface area (Å²) in [7, 11) is -3.76. The molecule has 0 aliphatic carbocycles. The van der Waals surface area contributed by atoms with Gasteiger partial charge in [0.1, 0.15) is 0 Å². The molecule has 0 unspecified atom stereocenters. The minimum absolute atomic E-state index is 0.0887. The predicted molar refractivity (Wildman–Crippen MR) is 132 cm³/mol. The van der Waals surface area contributed by atoms with Gasteiger partial charge in [-0.15, -0.1) is 11.3 Å². The van der Waals surface area contributed by atoms with Crippen LogP contribution < -0.4 is 5.32 Å². The Hall–Kier alpha value is -2.56. The number of nitrogens with one attached hydrogen (secondary N) is 1. The summed E-state index contributed by atoms with van der Waals surface area (Å²) in [6, 6.07) is 7.39. The van der Waals surface area contributed by atoms with Crippen molar-refractivity contribution in [2.45, 2.75) is 58.3 Å². The zero-order valence-electron chi connectivity index (χ0n) is 20.1. The number of sulfonamides is 1. The first-order valence-electron chi connectivity index (χ1n) is 11.4. The first-order chi connectivity index (χ1) is 16.1. The van der Waals surface area contributed by atoms with Crippen molar-refractivity contribution >= 4 is 33.0 Å². The van der Waals surface area contributed by atoms with Gasteiger partial charge in [0, 0.05) is 29.6 Å². The molecule has 8 nitrogen and oxygen atoms in total. The highest BCUT2D eigenvalue weighted by Gasteiger charge is 2.35. The van der Waals surface area contributed by atoms with Crippen molar-refractivity contribution in [2.75, 3.05) is 18.4 Å². The fourth-order valence-electron chi connectivity index (χ4n) is 3.98. The lowest BCUT2D eigenvalue weighted by molar-refractivity contribution is -0.120. The van der Waals surface area contributed by atoms with Crippen molar-refractivity contribution in [3.05, 3.63) is 46.2 Å². The van der Waals surface area contributed by atoms with E-state index in [2.05, 4.69) is 15.5 Å². The van der Waals surface area contributed by atoms with E-state index in [0.717, 1.165) is 16.8 Å². The maximum Gasteiger partial charge on any atom is 0.244 e. The Morgan fingerprint density at radius 1 is 1.21 bits per heavy atom. The van der Waals surface area contributed by atoms with Crippen molar-refractivity contribution < 1.29 is 17.7 Å². The van der Waals surface area contributed by atoms with E-state index < -0.39 is 15.9 Å². The highest BCUT2D eigenvalue weighted by Crippen LogP contribution is 2.35. The zero-order valence-corrected chi connectivity index (χ0v) is 21.7. The van der Waals surface area contributed by atoms with E-state index >= 15 is 0 Å². The molecule has 1 fully saturated rings. The van der Waals surface area contributed by atoms with Crippen molar-refractivity contribution in [3.8, 4) is 10.7 Å². The summed E-state index contributed by atoms with van der Waals surface area (Å²) in [5, 5.41) is 6.96. The van der Waals surface area contributed by atoms with Gasteiger partial charge in [-0.05, 0) is 62.9 Å². The van der Waals surface area contributed by atoms with Gasteiger partial charge < -0.3 is 9.84 Å².